The average molecular weight is 366 g/mol. The molecule has 1 saturated heterocycles. The second-order valence-corrected chi connectivity index (χ2v) is 7.37. The SMILES string of the molecule is COc1cccc(C2(CNC(=O)N3CCOCC3c3ccccc3)CC2)c1. The molecule has 0 aromatic heterocycles. The number of carbonyl (C=O) groups is 1. The molecule has 0 bridgehead atoms. The van der Waals surface area contributed by atoms with Crippen molar-refractivity contribution in [2.75, 3.05) is 33.4 Å². The highest BCUT2D eigenvalue weighted by Crippen LogP contribution is 2.48. The normalized spacial score (nSPS) is 20.8. The van der Waals surface area contributed by atoms with E-state index in [4.69, 9.17) is 9.47 Å². The van der Waals surface area contributed by atoms with Gasteiger partial charge in [0, 0.05) is 18.5 Å². The fourth-order valence-corrected chi connectivity index (χ4v) is 3.82. The van der Waals surface area contributed by atoms with E-state index >= 15 is 0 Å². The van der Waals surface area contributed by atoms with Crippen LogP contribution in [-0.2, 0) is 10.2 Å². The first-order valence-electron chi connectivity index (χ1n) is 9.54. The number of methoxy groups -OCH3 is 1. The van der Waals surface area contributed by atoms with E-state index in [1.54, 1.807) is 7.11 Å². The van der Waals surface area contributed by atoms with E-state index in [1.165, 1.54) is 5.56 Å². The van der Waals surface area contributed by atoms with Crippen LogP contribution in [0.15, 0.2) is 54.6 Å². The number of benzene rings is 2. The summed E-state index contributed by atoms with van der Waals surface area (Å²) >= 11 is 0. The van der Waals surface area contributed by atoms with Crippen molar-refractivity contribution in [1.29, 1.82) is 0 Å². The number of amides is 2. The van der Waals surface area contributed by atoms with Crippen molar-refractivity contribution < 1.29 is 14.3 Å². The molecule has 1 aliphatic carbocycles. The largest absolute Gasteiger partial charge is 0.497 e. The van der Waals surface area contributed by atoms with Gasteiger partial charge in [-0.25, -0.2) is 4.79 Å². The molecule has 1 heterocycles. The van der Waals surface area contributed by atoms with Crippen LogP contribution in [-0.4, -0.2) is 44.3 Å². The molecule has 5 nitrogen and oxygen atoms in total. The minimum Gasteiger partial charge on any atom is -0.497 e. The number of hydrogen-bond donors (Lipinski definition) is 1. The molecule has 1 unspecified atom stereocenters. The van der Waals surface area contributed by atoms with E-state index in [0.717, 1.165) is 24.2 Å². The Balaban J connectivity index is 1.43. The monoisotopic (exact) mass is 366 g/mol. The third kappa shape index (κ3) is 3.78. The van der Waals surface area contributed by atoms with Crippen molar-refractivity contribution in [1.82, 2.24) is 10.2 Å². The number of nitrogens with zero attached hydrogens (tertiary/aromatic N) is 1. The molecule has 4 rings (SSSR count). The van der Waals surface area contributed by atoms with Gasteiger partial charge in [-0.2, -0.15) is 0 Å². The number of rotatable bonds is 5. The first-order chi connectivity index (χ1) is 13.2. The third-order valence-electron chi connectivity index (χ3n) is 5.69. The molecule has 2 aliphatic rings. The van der Waals surface area contributed by atoms with E-state index in [0.29, 0.717) is 26.3 Å². The molecule has 2 amide bonds. The first-order valence-corrected chi connectivity index (χ1v) is 9.54. The molecule has 142 valence electrons. The predicted molar refractivity (Wildman–Crippen MR) is 104 cm³/mol. The Kier molecular flexibility index (Phi) is 5.03. The first kappa shape index (κ1) is 17.9. The summed E-state index contributed by atoms with van der Waals surface area (Å²) in [6.07, 6.45) is 2.18. The van der Waals surface area contributed by atoms with Crippen LogP contribution in [0.25, 0.3) is 0 Å². The quantitative estimate of drug-likeness (QED) is 0.881. The highest BCUT2D eigenvalue weighted by atomic mass is 16.5. The lowest BCUT2D eigenvalue weighted by Gasteiger charge is -2.36. The number of carbonyl (C=O) groups excluding carboxylic acids is 1. The van der Waals surface area contributed by atoms with Gasteiger partial charge in [-0.1, -0.05) is 42.5 Å². The molecule has 1 aliphatic heterocycles. The Morgan fingerprint density at radius 2 is 2.04 bits per heavy atom. The number of morpholine rings is 1. The van der Waals surface area contributed by atoms with Gasteiger partial charge >= 0.3 is 6.03 Å². The molecular weight excluding hydrogens is 340 g/mol. The zero-order valence-electron chi connectivity index (χ0n) is 15.7. The van der Waals surface area contributed by atoms with Crippen molar-refractivity contribution >= 4 is 6.03 Å². The summed E-state index contributed by atoms with van der Waals surface area (Å²) in [5.74, 6) is 0.863. The lowest BCUT2D eigenvalue weighted by Crippen LogP contribution is -2.49. The molecule has 0 spiro atoms. The maximum atomic E-state index is 12.9. The van der Waals surface area contributed by atoms with Crippen molar-refractivity contribution in [2.45, 2.75) is 24.3 Å². The number of hydrogen-bond acceptors (Lipinski definition) is 3. The second kappa shape index (κ2) is 7.61. The zero-order valence-corrected chi connectivity index (χ0v) is 15.7. The fraction of sp³-hybridized carbons (Fsp3) is 0.409. The van der Waals surface area contributed by atoms with Crippen LogP contribution in [0.4, 0.5) is 4.79 Å². The Morgan fingerprint density at radius 1 is 1.22 bits per heavy atom. The predicted octanol–water partition coefficient (Wildman–Crippen LogP) is 3.51. The summed E-state index contributed by atoms with van der Waals surface area (Å²) in [6.45, 7) is 2.38. The molecule has 1 saturated carbocycles. The Labute approximate surface area is 160 Å². The van der Waals surface area contributed by atoms with E-state index < -0.39 is 0 Å². The van der Waals surface area contributed by atoms with Gasteiger partial charge in [0.1, 0.15) is 5.75 Å². The van der Waals surface area contributed by atoms with Crippen LogP contribution >= 0.6 is 0 Å². The molecule has 1 N–H and O–H groups in total. The molecule has 2 aromatic carbocycles. The Bertz CT molecular complexity index is 789. The maximum absolute atomic E-state index is 12.9. The number of nitrogens with one attached hydrogen (secondary N) is 1. The van der Waals surface area contributed by atoms with E-state index in [-0.39, 0.29) is 17.5 Å². The van der Waals surface area contributed by atoms with Crippen LogP contribution < -0.4 is 10.1 Å². The molecule has 27 heavy (non-hydrogen) atoms. The van der Waals surface area contributed by atoms with Crippen LogP contribution in [0.5, 0.6) is 5.75 Å². The average Bonchev–Trinajstić information content (AvgIpc) is 3.54. The minimum absolute atomic E-state index is 0.0127. The lowest BCUT2D eigenvalue weighted by molar-refractivity contribution is 0.0116. The third-order valence-corrected chi connectivity index (χ3v) is 5.69. The minimum atomic E-state index is -0.0353. The molecule has 1 atom stereocenters. The van der Waals surface area contributed by atoms with Gasteiger partial charge in [-0.15, -0.1) is 0 Å². The van der Waals surface area contributed by atoms with E-state index in [2.05, 4.69) is 29.6 Å². The summed E-state index contributed by atoms with van der Waals surface area (Å²) in [6, 6.07) is 18.2. The number of ether oxygens (including phenoxy) is 2. The van der Waals surface area contributed by atoms with Gasteiger partial charge in [0.2, 0.25) is 0 Å². The smallest absolute Gasteiger partial charge is 0.318 e. The van der Waals surface area contributed by atoms with Gasteiger partial charge < -0.3 is 19.7 Å². The molecule has 5 heteroatoms. The van der Waals surface area contributed by atoms with Crippen LogP contribution in [0.2, 0.25) is 0 Å². The molecule has 0 radical (unpaired) electrons. The summed E-state index contributed by atoms with van der Waals surface area (Å²) in [5.41, 5.74) is 2.39. The van der Waals surface area contributed by atoms with Crippen LogP contribution in [0.3, 0.4) is 0 Å². The van der Waals surface area contributed by atoms with Gasteiger partial charge in [0.25, 0.3) is 0 Å². The van der Waals surface area contributed by atoms with Crippen molar-refractivity contribution in [3.63, 3.8) is 0 Å². The van der Waals surface area contributed by atoms with Crippen molar-refractivity contribution in [2.24, 2.45) is 0 Å². The second-order valence-electron chi connectivity index (χ2n) is 7.37. The van der Waals surface area contributed by atoms with Crippen molar-refractivity contribution in [3.05, 3.63) is 65.7 Å². The summed E-state index contributed by atoms with van der Waals surface area (Å²) < 4.78 is 11.0. The summed E-state index contributed by atoms with van der Waals surface area (Å²) in [5, 5.41) is 3.18. The van der Waals surface area contributed by atoms with Gasteiger partial charge in [0.05, 0.1) is 26.4 Å². The zero-order chi connectivity index (χ0) is 18.7. The van der Waals surface area contributed by atoms with Gasteiger partial charge in [-0.3, -0.25) is 0 Å². The van der Waals surface area contributed by atoms with E-state index in [1.807, 2.05) is 35.2 Å². The Hall–Kier alpha value is -2.53. The number of urea groups is 1. The molecular formula is C22H26N2O3. The standard InChI is InChI=1S/C22H26N2O3/c1-26-19-9-5-8-18(14-19)22(10-11-22)16-23-21(25)24-12-13-27-15-20(24)17-6-3-2-4-7-17/h2-9,14,20H,10-13,15-16H2,1H3,(H,23,25). The van der Waals surface area contributed by atoms with E-state index in [9.17, 15) is 4.79 Å². The topological polar surface area (TPSA) is 50.8 Å². The lowest BCUT2D eigenvalue weighted by atomic mass is 9.95. The fourth-order valence-electron chi connectivity index (χ4n) is 3.82. The highest BCUT2D eigenvalue weighted by molar-refractivity contribution is 5.75. The molecule has 2 aromatic rings. The van der Waals surface area contributed by atoms with Crippen LogP contribution in [0.1, 0.15) is 30.0 Å². The van der Waals surface area contributed by atoms with Gasteiger partial charge in [0.15, 0.2) is 0 Å². The highest BCUT2D eigenvalue weighted by Gasteiger charge is 2.45. The van der Waals surface area contributed by atoms with Crippen LogP contribution in [0, 0.1) is 0 Å². The maximum Gasteiger partial charge on any atom is 0.318 e. The summed E-state index contributed by atoms with van der Waals surface area (Å²) in [7, 11) is 1.68. The summed E-state index contributed by atoms with van der Waals surface area (Å²) in [4.78, 5) is 14.8. The van der Waals surface area contributed by atoms with Crippen molar-refractivity contribution in [3.8, 4) is 5.75 Å². The Morgan fingerprint density at radius 3 is 2.78 bits per heavy atom. The molecule has 2 fully saturated rings. The van der Waals surface area contributed by atoms with Gasteiger partial charge in [-0.05, 0) is 36.1 Å².